The molecule has 0 aliphatic rings. The molecule has 0 saturated carbocycles. The van der Waals surface area contributed by atoms with E-state index in [1.54, 1.807) is 0 Å². The second-order valence-corrected chi connectivity index (χ2v) is 0. The molecule has 0 spiro atoms. The van der Waals surface area contributed by atoms with Crippen LogP contribution >= 0.6 is 0 Å². The Labute approximate surface area is 85.2 Å². The van der Waals surface area contributed by atoms with E-state index < -0.39 is 0 Å². The summed E-state index contributed by atoms with van der Waals surface area (Å²) in [6.07, 6.45) is 0. The second-order valence-electron chi connectivity index (χ2n) is 0. The molecule has 0 aliphatic heterocycles. The summed E-state index contributed by atoms with van der Waals surface area (Å²) >= 11 is 0. The van der Waals surface area contributed by atoms with Crippen LogP contribution in [0.3, 0.4) is 0 Å². The Kier molecular flexibility index (Phi) is 294. The number of hydrogen-bond acceptors (Lipinski definition) is 0. The van der Waals surface area contributed by atoms with Crippen LogP contribution in [-0.2, 0) is 34.1 Å². The minimum absolute atomic E-state index is 0. The third kappa shape index (κ3) is 20.5. The van der Waals surface area contributed by atoms with E-state index >= 15 is 0 Å². The van der Waals surface area contributed by atoms with E-state index in [1.165, 1.54) is 0 Å². The van der Waals surface area contributed by atoms with Crippen molar-refractivity contribution in [2.75, 3.05) is 0 Å². The summed E-state index contributed by atoms with van der Waals surface area (Å²) in [7, 11) is 0. The minimum Gasteiger partial charge on any atom is 0 e. The average molecular weight is 193 g/mol. The van der Waals surface area contributed by atoms with E-state index in [-0.39, 0.29) is 86.2 Å². The van der Waals surface area contributed by atoms with Crippen LogP contribution in [0.15, 0.2) is 0 Å². The van der Waals surface area contributed by atoms with Crippen molar-refractivity contribution in [3.63, 3.8) is 0 Å². The third-order valence-electron chi connectivity index (χ3n) is 0. The smallest absolute Gasteiger partial charge is 0 e. The first kappa shape index (κ1) is 48.4. The fourth-order valence-electron chi connectivity index (χ4n) is 0. The van der Waals surface area contributed by atoms with Crippen LogP contribution in [0.4, 0.5) is 0 Å². The van der Waals surface area contributed by atoms with Gasteiger partial charge in [0.2, 0.25) is 0 Å². The van der Waals surface area contributed by atoms with Gasteiger partial charge < -0.3 is 0 Å². The Morgan fingerprint density at radius 2 is 0.400 bits per heavy atom. The Morgan fingerprint density at radius 1 is 0.400 bits per heavy atom. The van der Waals surface area contributed by atoms with Gasteiger partial charge in [-0.1, -0.05) is 0 Å². The summed E-state index contributed by atoms with van der Waals surface area (Å²) in [5.74, 6) is 0. The van der Waals surface area contributed by atoms with Gasteiger partial charge in [0.15, 0.2) is 0 Å². The summed E-state index contributed by atoms with van der Waals surface area (Å²) in [6, 6.07) is 0. The van der Waals surface area contributed by atoms with Crippen molar-refractivity contribution < 1.29 is 34.1 Å². The fraction of sp³-hybridized carbons (Fsp3) is 0. The topological polar surface area (TPSA) is 0 Å². The fourth-order valence-corrected chi connectivity index (χ4v) is 0. The van der Waals surface area contributed by atoms with Crippen molar-refractivity contribution in [3.05, 3.63) is 0 Å². The molecule has 0 aromatic carbocycles. The van der Waals surface area contributed by atoms with Crippen LogP contribution in [-0.4, -0.2) is 52.1 Å². The normalized spacial score (nSPS) is 0. The predicted molar refractivity (Wildman–Crippen MR) is 17.3 cm³/mol. The zero-order valence-corrected chi connectivity index (χ0v) is 8.11. The van der Waals surface area contributed by atoms with Gasteiger partial charge in [-0.15, -0.1) is 0 Å². The zero-order chi connectivity index (χ0) is 0. The van der Waals surface area contributed by atoms with Gasteiger partial charge >= 0.3 is 0 Å². The van der Waals surface area contributed by atoms with E-state index in [4.69, 9.17) is 0 Å². The van der Waals surface area contributed by atoms with E-state index in [0.29, 0.717) is 0 Å². The molecule has 0 nitrogen and oxygen atoms in total. The Hall–Kier alpha value is 2.64. The first-order valence-corrected chi connectivity index (χ1v) is 0. The molecule has 0 bridgehead atoms. The van der Waals surface area contributed by atoms with Gasteiger partial charge in [0.1, 0.15) is 0 Å². The van der Waals surface area contributed by atoms with Crippen molar-refractivity contribution in [1.82, 2.24) is 0 Å². The van der Waals surface area contributed by atoms with Gasteiger partial charge in [0.05, 0.1) is 0 Å². The van der Waals surface area contributed by atoms with E-state index in [1.807, 2.05) is 0 Å². The summed E-state index contributed by atoms with van der Waals surface area (Å²) in [4.78, 5) is 0. The number of hydrogen-bond donors (Lipinski definition) is 0. The second kappa shape index (κ2) is 30.3. The molecule has 9 radical (unpaired) electrons. The molecule has 5 heteroatoms. The van der Waals surface area contributed by atoms with Gasteiger partial charge in [0.25, 0.3) is 0 Å². The van der Waals surface area contributed by atoms with Gasteiger partial charge in [-0.25, -0.2) is 0 Å². The number of rotatable bonds is 0. The summed E-state index contributed by atoms with van der Waals surface area (Å²) < 4.78 is 0. The van der Waals surface area contributed by atoms with Crippen molar-refractivity contribution in [1.29, 1.82) is 0 Å². The Bertz CT molecular complexity index is 4.85. The first-order chi connectivity index (χ1) is 0. The molecule has 0 heterocycles. The monoisotopic (exact) mass is 193 g/mol. The largest absolute Gasteiger partial charge is 0 e. The van der Waals surface area contributed by atoms with Crippen LogP contribution < -0.4 is 0 Å². The van der Waals surface area contributed by atoms with Gasteiger partial charge in [-0.2, -0.15) is 0 Å². The van der Waals surface area contributed by atoms with E-state index in [2.05, 4.69) is 0 Å². The molecule has 0 amide bonds. The summed E-state index contributed by atoms with van der Waals surface area (Å²) in [5.41, 5.74) is 0. The molecule has 0 aromatic rings. The van der Waals surface area contributed by atoms with Crippen LogP contribution in [0.2, 0.25) is 0 Å². The summed E-state index contributed by atoms with van der Waals surface area (Å²) in [6.45, 7) is 0. The van der Waals surface area contributed by atoms with Crippen LogP contribution in [0, 0.1) is 0 Å². The van der Waals surface area contributed by atoms with Crippen LogP contribution in [0.5, 0.6) is 0 Å². The zero-order valence-electron chi connectivity index (χ0n) is 2.44. The molecule has 25 valence electrons. The van der Waals surface area contributed by atoms with Gasteiger partial charge in [-0.05, 0) is 0 Å². The predicted octanol–water partition coefficient (Wildman–Crippen LogP) is -1.15. The molecular weight excluding hydrogens is 193 g/mol. The molecule has 0 aromatic heterocycles. The molecule has 0 unspecified atom stereocenters. The van der Waals surface area contributed by atoms with Crippen molar-refractivity contribution in [3.8, 4) is 0 Å². The maximum absolute atomic E-state index is 0. The molecule has 0 aliphatic carbocycles. The van der Waals surface area contributed by atoms with Crippen molar-refractivity contribution in [2.24, 2.45) is 0 Å². The first-order valence-electron chi connectivity index (χ1n) is 0. The SMILES string of the molecule is [Al].[Al].[Al].[Fe].[Fe]. The maximum atomic E-state index is 0. The summed E-state index contributed by atoms with van der Waals surface area (Å²) in [5, 5.41) is 0. The Morgan fingerprint density at radius 3 is 0.400 bits per heavy atom. The molecule has 0 saturated heterocycles. The average Bonchev–Trinajstić information content (AvgIpc) is 0. The molecule has 5 heavy (non-hydrogen) atoms. The van der Waals surface area contributed by atoms with Gasteiger partial charge in [0, 0.05) is 86.2 Å². The maximum Gasteiger partial charge on any atom is 0 e. The molecule has 0 atom stereocenters. The third-order valence-corrected chi connectivity index (χ3v) is 0. The quantitative estimate of drug-likeness (QED) is 0.426. The molecule has 0 N–H and O–H groups in total. The van der Waals surface area contributed by atoms with E-state index in [9.17, 15) is 0 Å². The Balaban J connectivity index is 0. The van der Waals surface area contributed by atoms with Crippen molar-refractivity contribution in [2.45, 2.75) is 0 Å². The molecular formula is Al3Fe2. The standard InChI is InChI=1S/3Al.2Fe. The van der Waals surface area contributed by atoms with Crippen LogP contribution in [0.25, 0.3) is 0 Å². The van der Waals surface area contributed by atoms with Gasteiger partial charge in [-0.3, -0.25) is 0 Å². The van der Waals surface area contributed by atoms with E-state index in [0.717, 1.165) is 0 Å². The van der Waals surface area contributed by atoms with Crippen molar-refractivity contribution >= 4 is 52.1 Å². The van der Waals surface area contributed by atoms with Crippen LogP contribution in [0.1, 0.15) is 0 Å². The molecule has 0 rings (SSSR count). The minimum atomic E-state index is 0. The molecule has 0 fully saturated rings.